The van der Waals surface area contributed by atoms with Crippen LogP contribution < -0.4 is 26.2 Å². The highest BCUT2D eigenvalue weighted by Gasteiger charge is 2.48. The third-order valence-corrected chi connectivity index (χ3v) is 26.0. The first-order valence-corrected chi connectivity index (χ1v) is 45.4. The van der Waals surface area contributed by atoms with E-state index in [0.717, 1.165) is 38.9 Å². The summed E-state index contributed by atoms with van der Waals surface area (Å²) in [7, 11) is 0. The van der Waals surface area contributed by atoms with E-state index in [4.69, 9.17) is 0 Å². The first kappa shape index (κ1) is 62.6. The molecule has 4 nitrogen and oxygen atoms in total. The van der Waals surface area contributed by atoms with Gasteiger partial charge in [0, 0.05) is 72.2 Å². The number of hydrogen-bond donors (Lipinski definition) is 0. The summed E-state index contributed by atoms with van der Waals surface area (Å²) in [4.78, 5) is 3.96. The Hall–Kier alpha value is -11.7. The van der Waals surface area contributed by atoms with Crippen molar-refractivity contribution in [1.82, 2.24) is 9.13 Å². The average Bonchev–Trinajstić information content (AvgIpc) is 0.912. The van der Waals surface area contributed by atoms with Crippen LogP contribution >= 0.6 is 0 Å². The van der Waals surface area contributed by atoms with Crippen LogP contribution in [-0.2, 0) is 54.1 Å². The summed E-state index contributed by atoms with van der Waals surface area (Å²) in [5.41, 5.74) is 2.25. The number of rotatable bonds is 9. The molecular formula is C124H135BN4. The van der Waals surface area contributed by atoms with Gasteiger partial charge >= 0.3 is 0 Å². The van der Waals surface area contributed by atoms with Crippen LogP contribution in [0.25, 0.3) is 111 Å². The summed E-state index contributed by atoms with van der Waals surface area (Å²) < 4.78 is 262. The van der Waals surface area contributed by atoms with Gasteiger partial charge in [-0.3, -0.25) is 0 Å². The quantitative estimate of drug-likeness (QED) is 0.134. The molecule has 5 heteroatoms. The SMILES string of the molecule is [2H]c1c([2H])c(C(C)(C)C)c([2H])c([2H])c1-c1c([2H])c(C(C)(C)C)c([2H])c(-c2c([2H])c(C(C)(C)C)c([2H])c([2H])c2C(C)(C)C)c1N1c2cc(-c3cc(C(C)(C)C)cc(C(C)(C)C)c3)ccc2B2c3ccc(-n4c5c([2H])c([2H])c([2H])c([2H])c5c5c([2H])c([2H])c([2H])c([2H])c54)cc3N(c3c(-c4ccc(C(C)(C)C)cc4)cc(C(C)(C)C)cc3-c3ccc(C(C)(C)C)cc3C(C)(C)C)c3cc(-n4c5c([2H])c([2H])c([2H])c([2H])c5c5c([2H])c([2H])c([2H])c([2H])c54)cc1c32. The lowest BCUT2D eigenvalue weighted by Gasteiger charge is -2.46. The van der Waals surface area contributed by atoms with Crippen LogP contribution in [0, 0.1) is 0 Å². The zero-order valence-electron chi connectivity index (χ0n) is 106. The fourth-order valence-corrected chi connectivity index (χ4v) is 18.5. The smallest absolute Gasteiger partial charge is 0.252 e. The third kappa shape index (κ3) is 15.6. The third-order valence-electron chi connectivity index (χ3n) is 26.0. The Kier molecular flexibility index (Phi) is 14.8. The summed E-state index contributed by atoms with van der Waals surface area (Å²) in [6, 6.07) is 26.5. The van der Waals surface area contributed by atoms with E-state index in [9.17, 15) is 34.3 Å². The van der Waals surface area contributed by atoms with Crippen molar-refractivity contribution in [3.8, 4) is 67.0 Å². The molecule has 4 heterocycles. The molecule has 18 rings (SSSR count). The molecule has 0 unspecified atom stereocenters. The van der Waals surface area contributed by atoms with Crippen LogP contribution in [0.2, 0.25) is 0 Å². The van der Waals surface area contributed by atoms with Gasteiger partial charge in [0.1, 0.15) is 0 Å². The van der Waals surface area contributed by atoms with E-state index in [2.05, 4.69) is 202 Å². The highest BCUT2D eigenvalue weighted by atomic mass is 15.2. The molecule has 0 fully saturated rings. The van der Waals surface area contributed by atoms with Gasteiger partial charge in [0.25, 0.3) is 6.71 Å². The van der Waals surface area contributed by atoms with Crippen molar-refractivity contribution in [2.45, 2.75) is 262 Å². The molecule has 0 bridgehead atoms. The lowest BCUT2D eigenvalue weighted by molar-refractivity contribution is 0.568. The first-order chi connectivity index (χ1) is 70.7. The number of hydrogen-bond acceptors (Lipinski definition) is 2. The van der Waals surface area contributed by atoms with Gasteiger partial charge in [-0.1, -0.05) is 401 Å². The maximum absolute atomic E-state index is 12.0. The first-order valence-electron chi connectivity index (χ1n) is 57.9. The zero-order valence-corrected chi connectivity index (χ0v) is 80.9. The van der Waals surface area contributed by atoms with Gasteiger partial charge in [0.2, 0.25) is 0 Å². The molecular weight excluding hydrogens is 1560 g/mol. The van der Waals surface area contributed by atoms with Crippen molar-refractivity contribution in [2.75, 3.05) is 9.80 Å². The van der Waals surface area contributed by atoms with Gasteiger partial charge in [0.05, 0.1) is 73.4 Å². The van der Waals surface area contributed by atoms with Crippen LogP contribution in [0.15, 0.2) is 272 Å². The van der Waals surface area contributed by atoms with Gasteiger partial charge < -0.3 is 18.9 Å². The second-order valence-electron chi connectivity index (χ2n) is 46.1. The monoisotopic (exact) mass is 1720 g/mol. The Morgan fingerprint density at radius 2 is 0.612 bits per heavy atom. The number of aromatic nitrogens is 2. The molecule has 2 aromatic heterocycles. The minimum absolute atomic E-state index is 0.0164. The lowest BCUT2D eigenvalue weighted by Crippen LogP contribution is -2.61. The van der Waals surface area contributed by atoms with Crippen molar-refractivity contribution in [3.63, 3.8) is 0 Å². The van der Waals surface area contributed by atoms with Gasteiger partial charge in [0.15, 0.2) is 0 Å². The average molecular weight is 1720 g/mol. The van der Waals surface area contributed by atoms with Gasteiger partial charge in [-0.2, -0.15) is 0 Å². The van der Waals surface area contributed by atoms with Gasteiger partial charge in [-0.05, 0) is 238 Å². The lowest BCUT2D eigenvalue weighted by atomic mass is 9.33. The van der Waals surface area contributed by atoms with E-state index < -0.39 is 193 Å². The maximum atomic E-state index is 12.0. The molecule has 2 aliphatic rings. The minimum Gasteiger partial charge on any atom is -0.310 e. The standard InChI is InChI=1S/C124H135BN4/c1-115(2,3)80-52-47-76(48-53-80)95-68-86(121(19,20)21)70-98(90-59-56-83(118(10,11)12)72-101(90)124(28,29)30)113(95)129-109-73-88(126-104-43-35-31-39-91(104)92-40-32-36-44-105(92)126)58-62-103(109)125-102-61-51-78(79-63-84(119(13,14)15)66-85(64-79)120(16,17)18)65-108(102)128(110-74-89(75-111(129)112(110)125)127-106-45-37-33-41-93(106)94-42-34-38-46-107(94)127)114-96(77-49-54-81(55-50-77)116(4,5)6)69-87(122(22,23)24)71-99(114)97-67-82(117(7,8)9)57-60-100(97)123(25,26)27/h31-75H,1-30H3/i31D,32D,33D,34D,35D,36D,37D,38D,39D,40D,41D,42D,43D,44D,45D,46D,49D,50D,54D,55D,57D,60D,67D,69D,71D. The van der Waals surface area contributed by atoms with E-state index in [1.54, 1.807) is 32.9 Å². The molecule has 0 spiro atoms. The van der Waals surface area contributed by atoms with E-state index in [1.165, 1.54) is 9.13 Å². The largest absolute Gasteiger partial charge is 0.310 e. The second kappa shape index (κ2) is 30.5. The second-order valence-corrected chi connectivity index (χ2v) is 46.1. The van der Waals surface area contributed by atoms with Crippen LogP contribution in [0.5, 0.6) is 0 Å². The summed E-state index contributed by atoms with van der Waals surface area (Å²) in [6.07, 6.45) is 0. The Bertz CT molecular complexity index is 8580. The van der Waals surface area contributed by atoms with Crippen LogP contribution in [0.3, 0.4) is 0 Å². The predicted octanol–water partition coefficient (Wildman–Crippen LogP) is 33.3. The van der Waals surface area contributed by atoms with E-state index >= 15 is 0 Å². The van der Waals surface area contributed by atoms with E-state index in [-0.39, 0.29) is 141 Å². The molecule has 16 aromatic rings. The fraction of sp³-hybridized carbons (Fsp3) is 0.323. The van der Waals surface area contributed by atoms with Crippen LogP contribution in [0.1, 0.15) is 298 Å². The topological polar surface area (TPSA) is 16.3 Å². The predicted molar refractivity (Wildman–Crippen MR) is 563 cm³/mol. The summed E-state index contributed by atoms with van der Waals surface area (Å²) in [5, 5.41) is -0.987. The van der Waals surface area contributed by atoms with Crippen LogP contribution in [0.4, 0.5) is 34.1 Å². The minimum atomic E-state index is -1.31. The number of fused-ring (bicyclic) bond motifs is 10. The maximum Gasteiger partial charge on any atom is 0.252 e. The molecule has 0 radical (unpaired) electrons. The molecule has 0 N–H and O–H groups in total. The molecule has 0 amide bonds. The highest BCUT2D eigenvalue weighted by molar-refractivity contribution is 7.00. The number of para-hydroxylation sites is 4. The Balaban J connectivity index is 1.23. The van der Waals surface area contributed by atoms with Crippen molar-refractivity contribution in [1.29, 1.82) is 0 Å². The summed E-state index contributed by atoms with van der Waals surface area (Å²) in [6.45, 7) is 59.3. The molecule has 0 saturated heterocycles. The van der Waals surface area contributed by atoms with Crippen molar-refractivity contribution in [3.05, 3.63) is 328 Å². The Morgan fingerprint density at radius 3 is 1.09 bits per heavy atom. The molecule has 0 aliphatic carbocycles. The molecule has 14 aromatic carbocycles. The summed E-state index contributed by atoms with van der Waals surface area (Å²) in [5.74, 6) is 0. The molecule has 2 aliphatic heterocycles. The van der Waals surface area contributed by atoms with Crippen molar-refractivity contribution < 1.29 is 34.3 Å². The fourth-order valence-electron chi connectivity index (χ4n) is 18.5. The van der Waals surface area contributed by atoms with E-state index in [0.29, 0.717) is 55.6 Å². The molecule has 0 atom stereocenters. The normalized spacial score (nSPS) is 16.5. The molecule has 654 valence electrons. The van der Waals surface area contributed by atoms with E-state index in [1.807, 2.05) is 104 Å². The van der Waals surface area contributed by atoms with Crippen molar-refractivity contribution in [2.24, 2.45) is 0 Å². The summed E-state index contributed by atoms with van der Waals surface area (Å²) >= 11 is 0. The highest BCUT2D eigenvalue weighted by Crippen LogP contribution is 2.58. The van der Waals surface area contributed by atoms with Gasteiger partial charge in [-0.15, -0.1) is 0 Å². The molecule has 0 saturated carbocycles. The number of benzene rings is 14. The zero-order chi connectivity index (χ0) is 114. The number of nitrogens with zero attached hydrogens (tertiary/aromatic N) is 4. The number of anilines is 6. The van der Waals surface area contributed by atoms with Gasteiger partial charge in [-0.25, -0.2) is 0 Å². The van der Waals surface area contributed by atoms with Crippen molar-refractivity contribution >= 4 is 101 Å². The Labute approximate surface area is 807 Å². The van der Waals surface area contributed by atoms with Crippen LogP contribution in [-0.4, -0.2) is 15.8 Å². The molecule has 129 heavy (non-hydrogen) atoms. The Morgan fingerprint density at radius 1 is 0.225 bits per heavy atom.